The summed E-state index contributed by atoms with van der Waals surface area (Å²) in [6.45, 7) is 5.81. The molecular formula is C20H24ClNO4. The summed E-state index contributed by atoms with van der Waals surface area (Å²) in [7, 11) is 0. The van der Waals surface area contributed by atoms with Crippen LogP contribution in [0, 0.1) is 5.92 Å². The molecule has 0 saturated carbocycles. The monoisotopic (exact) mass is 377 g/mol. The van der Waals surface area contributed by atoms with Gasteiger partial charge in [-0.1, -0.05) is 55.8 Å². The number of carbonyl (C=O) groups is 1. The summed E-state index contributed by atoms with van der Waals surface area (Å²) in [4.78, 5) is 16.1. The van der Waals surface area contributed by atoms with Gasteiger partial charge in [-0.25, -0.2) is 9.78 Å². The first-order valence-electron chi connectivity index (χ1n) is 8.63. The summed E-state index contributed by atoms with van der Waals surface area (Å²) >= 11 is 5.91. The van der Waals surface area contributed by atoms with E-state index in [0.717, 1.165) is 5.56 Å². The Morgan fingerprint density at radius 1 is 1.19 bits per heavy atom. The maximum Gasteiger partial charge on any atom is 0.343 e. The zero-order valence-electron chi connectivity index (χ0n) is 15.1. The molecule has 0 aliphatic carbocycles. The average molecular weight is 378 g/mol. The Kier molecular flexibility index (Phi) is 8.38. The molecule has 2 rings (SSSR count). The van der Waals surface area contributed by atoms with Gasteiger partial charge in [-0.05, 0) is 11.5 Å². The Morgan fingerprint density at radius 3 is 2.69 bits per heavy atom. The molecule has 26 heavy (non-hydrogen) atoms. The Balaban J connectivity index is 1.79. The van der Waals surface area contributed by atoms with Crippen molar-refractivity contribution in [2.75, 3.05) is 19.8 Å². The van der Waals surface area contributed by atoms with E-state index in [1.165, 1.54) is 12.3 Å². The van der Waals surface area contributed by atoms with E-state index in [1.54, 1.807) is 0 Å². The molecule has 140 valence electrons. The maximum atomic E-state index is 12.2. The van der Waals surface area contributed by atoms with Crippen LogP contribution in [0.2, 0.25) is 5.15 Å². The lowest BCUT2D eigenvalue weighted by Gasteiger charge is -2.12. The molecule has 0 bridgehead atoms. The number of pyridine rings is 1. The van der Waals surface area contributed by atoms with Crippen molar-refractivity contribution in [3.63, 3.8) is 0 Å². The van der Waals surface area contributed by atoms with Crippen LogP contribution >= 0.6 is 11.6 Å². The molecule has 0 amide bonds. The summed E-state index contributed by atoms with van der Waals surface area (Å²) in [5, 5.41) is 0.265. The number of aromatic nitrogens is 1. The van der Waals surface area contributed by atoms with Crippen molar-refractivity contribution < 1.29 is 19.0 Å². The van der Waals surface area contributed by atoms with E-state index in [9.17, 15) is 4.79 Å². The van der Waals surface area contributed by atoms with E-state index in [1.807, 2.05) is 44.2 Å². The van der Waals surface area contributed by atoms with Gasteiger partial charge in [0.15, 0.2) is 0 Å². The first kappa shape index (κ1) is 20.2. The molecular weight excluding hydrogens is 354 g/mol. The van der Waals surface area contributed by atoms with Crippen LogP contribution in [0.4, 0.5) is 0 Å². The molecule has 1 aromatic heterocycles. The number of rotatable bonds is 10. The maximum absolute atomic E-state index is 12.2. The minimum absolute atomic E-state index is 0.255. The van der Waals surface area contributed by atoms with Crippen LogP contribution in [0.3, 0.4) is 0 Å². The van der Waals surface area contributed by atoms with Crippen LogP contribution in [0.5, 0.6) is 5.75 Å². The molecule has 0 radical (unpaired) electrons. The molecule has 0 fully saturated rings. The van der Waals surface area contributed by atoms with Crippen LogP contribution in [0.25, 0.3) is 0 Å². The highest BCUT2D eigenvalue weighted by Crippen LogP contribution is 2.22. The van der Waals surface area contributed by atoms with Crippen molar-refractivity contribution in [2.45, 2.75) is 26.9 Å². The molecule has 1 heterocycles. The van der Waals surface area contributed by atoms with Crippen molar-refractivity contribution in [1.82, 2.24) is 4.98 Å². The predicted octanol–water partition coefficient (Wildman–Crippen LogP) is 4.53. The quantitative estimate of drug-likeness (QED) is 0.346. The van der Waals surface area contributed by atoms with Gasteiger partial charge in [-0.3, -0.25) is 0 Å². The number of esters is 1. The first-order chi connectivity index (χ1) is 12.6. The standard InChI is InChI=1S/C20H24ClNO4/c1-15(2)13-26-20(23)17-12-22-19(21)11-18(17)25-10-6-9-24-14-16-7-4-3-5-8-16/h3-5,7-8,11-12,15H,6,9-10,13-14H2,1-2H3. The van der Waals surface area contributed by atoms with E-state index in [-0.39, 0.29) is 16.6 Å². The van der Waals surface area contributed by atoms with Crippen molar-refractivity contribution in [2.24, 2.45) is 5.92 Å². The highest BCUT2D eigenvalue weighted by molar-refractivity contribution is 6.29. The predicted molar refractivity (Wildman–Crippen MR) is 101 cm³/mol. The van der Waals surface area contributed by atoms with E-state index < -0.39 is 5.97 Å². The minimum atomic E-state index is -0.460. The number of hydrogen-bond donors (Lipinski definition) is 0. The van der Waals surface area contributed by atoms with Crippen LogP contribution in [-0.2, 0) is 16.1 Å². The third-order valence-corrected chi connectivity index (χ3v) is 3.61. The Hall–Kier alpha value is -2.11. The lowest BCUT2D eigenvalue weighted by atomic mass is 10.2. The third kappa shape index (κ3) is 7.02. The summed E-state index contributed by atoms with van der Waals surface area (Å²) in [6.07, 6.45) is 2.07. The second-order valence-corrected chi connectivity index (χ2v) is 6.62. The lowest BCUT2D eigenvalue weighted by molar-refractivity contribution is 0.0453. The summed E-state index contributed by atoms with van der Waals surface area (Å²) in [5.41, 5.74) is 1.41. The molecule has 0 saturated heterocycles. The van der Waals surface area contributed by atoms with Crippen LogP contribution in [0.15, 0.2) is 42.6 Å². The summed E-state index contributed by atoms with van der Waals surface area (Å²) < 4.78 is 16.5. The first-order valence-corrected chi connectivity index (χ1v) is 9.01. The van der Waals surface area contributed by atoms with Crippen LogP contribution in [0.1, 0.15) is 36.2 Å². The van der Waals surface area contributed by atoms with E-state index in [2.05, 4.69) is 4.98 Å². The highest BCUT2D eigenvalue weighted by Gasteiger charge is 2.16. The smallest absolute Gasteiger partial charge is 0.343 e. The van der Waals surface area contributed by atoms with Gasteiger partial charge in [0, 0.05) is 18.7 Å². The van der Waals surface area contributed by atoms with Gasteiger partial charge in [0.2, 0.25) is 0 Å². The van der Waals surface area contributed by atoms with E-state index >= 15 is 0 Å². The number of benzene rings is 1. The molecule has 1 aromatic carbocycles. The molecule has 6 heteroatoms. The number of nitrogens with zero attached hydrogens (tertiary/aromatic N) is 1. The Bertz CT molecular complexity index is 691. The molecule has 0 unspecified atom stereocenters. The van der Waals surface area contributed by atoms with Crippen LogP contribution in [-0.4, -0.2) is 30.8 Å². The fourth-order valence-electron chi connectivity index (χ4n) is 2.11. The lowest BCUT2D eigenvalue weighted by Crippen LogP contribution is -2.13. The van der Waals surface area contributed by atoms with Gasteiger partial charge in [0.05, 0.1) is 26.4 Å². The molecule has 0 aliphatic rings. The summed E-state index contributed by atoms with van der Waals surface area (Å²) in [6, 6.07) is 11.5. The SMILES string of the molecule is CC(C)COC(=O)c1cnc(Cl)cc1OCCCOCc1ccccc1. The second-order valence-electron chi connectivity index (χ2n) is 6.24. The van der Waals surface area contributed by atoms with Crippen molar-refractivity contribution >= 4 is 17.6 Å². The zero-order valence-corrected chi connectivity index (χ0v) is 15.9. The molecule has 0 N–H and O–H groups in total. The molecule has 2 aromatic rings. The second kappa shape index (κ2) is 10.8. The van der Waals surface area contributed by atoms with E-state index in [0.29, 0.717) is 38.6 Å². The van der Waals surface area contributed by atoms with Gasteiger partial charge < -0.3 is 14.2 Å². The molecule has 0 aliphatic heterocycles. The molecule has 0 atom stereocenters. The number of ether oxygens (including phenoxy) is 3. The van der Waals surface area contributed by atoms with Crippen molar-refractivity contribution in [1.29, 1.82) is 0 Å². The highest BCUT2D eigenvalue weighted by atomic mass is 35.5. The van der Waals surface area contributed by atoms with Gasteiger partial charge in [0.25, 0.3) is 0 Å². The minimum Gasteiger partial charge on any atom is -0.492 e. The van der Waals surface area contributed by atoms with Gasteiger partial charge in [-0.2, -0.15) is 0 Å². The fraction of sp³-hybridized carbons (Fsp3) is 0.400. The Morgan fingerprint density at radius 2 is 1.96 bits per heavy atom. The fourth-order valence-corrected chi connectivity index (χ4v) is 2.26. The largest absolute Gasteiger partial charge is 0.492 e. The zero-order chi connectivity index (χ0) is 18.8. The van der Waals surface area contributed by atoms with Gasteiger partial charge >= 0.3 is 5.97 Å². The van der Waals surface area contributed by atoms with Crippen molar-refractivity contribution in [3.05, 3.63) is 58.9 Å². The van der Waals surface area contributed by atoms with Gasteiger partial charge in [-0.15, -0.1) is 0 Å². The number of hydrogen-bond acceptors (Lipinski definition) is 5. The normalized spacial score (nSPS) is 10.8. The Labute approximate surface area is 159 Å². The number of halogens is 1. The van der Waals surface area contributed by atoms with Crippen LogP contribution < -0.4 is 4.74 Å². The number of carbonyl (C=O) groups excluding carboxylic acids is 1. The molecule has 0 spiro atoms. The third-order valence-electron chi connectivity index (χ3n) is 3.40. The topological polar surface area (TPSA) is 57.7 Å². The average Bonchev–Trinajstić information content (AvgIpc) is 2.63. The summed E-state index contributed by atoms with van der Waals surface area (Å²) in [5.74, 6) is 0.172. The van der Waals surface area contributed by atoms with E-state index in [4.69, 9.17) is 25.8 Å². The van der Waals surface area contributed by atoms with Gasteiger partial charge in [0.1, 0.15) is 16.5 Å². The van der Waals surface area contributed by atoms with Crippen molar-refractivity contribution in [3.8, 4) is 5.75 Å². The molecule has 5 nitrogen and oxygen atoms in total.